The Bertz CT molecular complexity index is 582. The normalized spacial score (nSPS) is 16.2. The summed E-state index contributed by atoms with van der Waals surface area (Å²) < 4.78 is 1.75. The molecule has 1 aliphatic rings. The molecule has 0 saturated heterocycles. The van der Waals surface area contributed by atoms with Crippen LogP contribution >= 0.6 is 0 Å². The highest BCUT2D eigenvalue weighted by molar-refractivity contribution is 5.40. The molecule has 1 saturated carbocycles. The zero-order valence-corrected chi connectivity index (χ0v) is 12.8. The van der Waals surface area contributed by atoms with Crippen LogP contribution in [-0.4, -0.2) is 51.8 Å². The Labute approximate surface area is 125 Å². The highest BCUT2D eigenvalue weighted by Gasteiger charge is 2.32. The molecule has 1 aliphatic carbocycles. The van der Waals surface area contributed by atoms with Crippen molar-refractivity contribution < 1.29 is 0 Å². The highest BCUT2D eigenvalue weighted by atomic mass is 15.6. The molecule has 6 nitrogen and oxygen atoms in total. The molecule has 0 spiro atoms. The largest absolute Gasteiger partial charge is 0.351 e. The van der Waals surface area contributed by atoms with E-state index >= 15 is 0 Å². The Morgan fingerprint density at radius 2 is 2.00 bits per heavy atom. The average molecular weight is 286 g/mol. The lowest BCUT2D eigenvalue weighted by atomic mass is 10.1. The number of nitrogens with zero attached hydrogens (tertiary/aromatic N) is 5. The van der Waals surface area contributed by atoms with Crippen molar-refractivity contribution in [2.45, 2.75) is 25.8 Å². The van der Waals surface area contributed by atoms with Crippen LogP contribution < -0.4 is 5.32 Å². The molecule has 1 aromatic carbocycles. The van der Waals surface area contributed by atoms with Gasteiger partial charge < -0.3 is 10.2 Å². The maximum atomic E-state index is 4.10. The average Bonchev–Trinajstić information content (AvgIpc) is 3.18. The topological polar surface area (TPSA) is 58.9 Å². The third-order valence-electron chi connectivity index (χ3n) is 4.05. The number of hydrogen-bond acceptors (Lipinski definition) is 5. The Morgan fingerprint density at radius 1 is 1.29 bits per heavy atom. The molecule has 2 aromatic rings. The number of anilines is 1. The second-order valence-electron chi connectivity index (χ2n) is 6.00. The van der Waals surface area contributed by atoms with Gasteiger partial charge in [-0.05, 0) is 62.3 Å². The van der Waals surface area contributed by atoms with Crippen LogP contribution in [0, 0.1) is 12.8 Å². The van der Waals surface area contributed by atoms with E-state index in [-0.39, 0.29) is 0 Å². The van der Waals surface area contributed by atoms with Crippen molar-refractivity contribution in [1.82, 2.24) is 25.1 Å². The molecule has 1 fully saturated rings. The van der Waals surface area contributed by atoms with Gasteiger partial charge in [0.1, 0.15) is 0 Å². The fraction of sp³-hybridized carbons (Fsp3) is 0.533. The summed E-state index contributed by atoms with van der Waals surface area (Å²) in [7, 11) is 4.27. The van der Waals surface area contributed by atoms with Gasteiger partial charge in [0.2, 0.25) is 5.95 Å². The van der Waals surface area contributed by atoms with E-state index in [0.29, 0.717) is 12.0 Å². The minimum absolute atomic E-state index is 0.535. The van der Waals surface area contributed by atoms with Gasteiger partial charge in [-0.2, -0.15) is 4.68 Å². The second kappa shape index (κ2) is 5.81. The van der Waals surface area contributed by atoms with Gasteiger partial charge in [-0.1, -0.05) is 22.8 Å². The third-order valence-corrected chi connectivity index (χ3v) is 4.05. The summed E-state index contributed by atoms with van der Waals surface area (Å²) in [6, 6.07) is 8.72. The summed E-state index contributed by atoms with van der Waals surface area (Å²) >= 11 is 0. The van der Waals surface area contributed by atoms with Crippen LogP contribution in [0.15, 0.2) is 24.3 Å². The zero-order chi connectivity index (χ0) is 14.8. The molecule has 0 radical (unpaired) electrons. The minimum atomic E-state index is 0.535. The summed E-state index contributed by atoms with van der Waals surface area (Å²) in [6.07, 6.45) is 2.65. The third kappa shape index (κ3) is 3.21. The van der Waals surface area contributed by atoms with Crippen molar-refractivity contribution >= 4 is 5.95 Å². The Balaban J connectivity index is 1.72. The van der Waals surface area contributed by atoms with E-state index in [4.69, 9.17) is 0 Å². The van der Waals surface area contributed by atoms with Gasteiger partial charge in [0.05, 0.1) is 5.69 Å². The quantitative estimate of drug-likeness (QED) is 0.876. The van der Waals surface area contributed by atoms with Crippen molar-refractivity contribution in [1.29, 1.82) is 0 Å². The van der Waals surface area contributed by atoms with Crippen LogP contribution in [-0.2, 0) is 0 Å². The molecule has 0 aliphatic heterocycles. The molecule has 1 unspecified atom stereocenters. The zero-order valence-electron chi connectivity index (χ0n) is 12.8. The first kappa shape index (κ1) is 14.0. The van der Waals surface area contributed by atoms with Crippen molar-refractivity contribution in [3.8, 4) is 5.69 Å². The number of nitrogens with one attached hydrogen (secondary N) is 1. The standard InChI is InChI=1S/C15H22N6/c1-11-4-8-13(9-5-11)21-15(17-18-19-21)16-10-14(20(2)3)12-6-7-12/h4-5,8-9,12,14H,6-7,10H2,1-3H3,(H,16,17,19). The van der Waals surface area contributed by atoms with E-state index in [2.05, 4.69) is 58.9 Å². The summed E-state index contributed by atoms with van der Waals surface area (Å²) in [4.78, 5) is 2.28. The van der Waals surface area contributed by atoms with Crippen molar-refractivity contribution in [3.05, 3.63) is 29.8 Å². The summed E-state index contributed by atoms with van der Waals surface area (Å²) in [5, 5.41) is 15.4. The number of benzene rings is 1. The molecule has 6 heteroatoms. The number of rotatable bonds is 6. The maximum Gasteiger partial charge on any atom is 0.247 e. The van der Waals surface area contributed by atoms with Crippen LogP contribution in [0.2, 0.25) is 0 Å². The summed E-state index contributed by atoms with van der Waals surface area (Å²) in [5.74, 6) is 1.50. The summed E-state index contributed by atoms with van der Waals surface area (Å²) in [6.45, 7) is 2.93. The Morgan fingerprint density at radius 3 is 2.62 bits per heavy atom. The fourth-order valence-corrected chi connectivity index (χ4v) is 2.60. The highest BCUT2D eigenvalue weighted by Crippen LogP contribution is 2.34. The van der Waals surface area contributed by atoms with Crippen LogP contribution in [0.3, 0.4) is 0 Å². The van der Waals surface area contributed by atoms with E-state index in [1.54, 1.807) is 4.68 Å². The second-order valence-corrected chi connectivity index (χ2v) is 6.00. The first-order valence-corrected chi connectivity index (χ1v) is 7.41. The molecule has 0 bridgehead atoms. The van der Waals surface area contributed by atoms with Gasteiger partial charge in [-0.25, -0.2) is 0 Å². The predicted molar refractivity (Wildman–Crippen MR) is 82.6 cm³/mol. The van der Waals surface area contributed by atoms with Crippen molar-refractivity contribution in [2.75, 3.05) is 26.0 Å². The van der Waals surface area contributed by atoms with Crippen molar-refractivity contribution in [2.24, 2.45) is 5.92 Å². The predicted octanol–water partition coefficient (Wildman–Crippen LogP) is 1.72. The number of hydrogen-bond donors (Lipinski definition) is 1. The summed E-state index contributed by atoms with van der Waals surface area (Å²) in [5.41, 5.74) is 2.20. The van der Waals surface area contributed by atoms with Crippen LogP contribution in [0.25, 0.3) is 5.69 Å². The number of aromatic nitrogens is 4. The molecule has 1 atom stereocenters. The fourth-order valence-electron chi connectivity index (χ4n) is 2.60. The molecular formula is C15H22N6. The van der Waals surface area contributed by atoms with E-state index < -0.39 is 0 Å². The lowest BCUT2D eigenvalue weighted by Crippen LogP contribution is -2.36. The smallest absolute Gasteiger partial charge is 0.247 e. The first-order valence-electron chi connectivity index (χ1n) is 7.41. The molecule has 1 heterocycles. The van der Waals surface area contributed by atoms with E-state index in [1.165, 1.54) is 18.4 Å². The molecule has 3 rings (SSSR count). The monoisotopic (exact) mass is 286 g/mol. The Hall–Kier alpha value is -1.95. The SMILES string of the molecule is Cc1ccc(-n2nnnc2NCC(C2CC2)N(C)C)cc1. The number of aryl methyl sites for hydroxylation is 1. The molecule has 0 amide bonds. The van der Waals surface area contributed by atoms with Crippen LogP contribution in [0.1, 0.15) is 18.4 Å². The minimum Gasteiger partial charge on any atom is -0.351 e. The molecule has 1 aromatic heterocycles. The van der Waals surface area contributed by atoms with Crippen LogP contribution in [0.4, 0.5) is 5.95 Å². The van der Waals surface area contributed by atoms with Gasteiger partial charge in [0.25, 0.3) is 0 Å². The lowest BCUT2D eigenvalue weighted by Gasteiger charge is -2.24. The van der Waals surface area contributed by atoms with E-state index in [9.17, 15) is 0 Å². The lowest BCUT2D eigenvalue weighted by molar-refractivity contribution is 0.276. The van der Waals surface area contributed by atoms with E-state index in [1.807, 2.05) is 12.1 Å². The van der Waals surface area contributed by atoms with Crippen molar-refractivity contribution in [3.63, 3.8) is 0 Å². The maximum absolute atomic E-state index is 4.10. The van der Waals surface area contributed by atoms with Crippen LogP contribution in [0.5, 0.6) is 0 Å². The first-order chi connectivity index (χ1) is 10.1. The number of likely N-dealkylation sites (N-methyl/N-ethyl adjacent to an activating group) is 1. The van der Waals surface area contributed by atoms with Gasteiger partial charge in [-0.15, -0.1) is 0 Å². The van der Waals surface area contributed by atoms with Gasteiger partial charge in [-0.3, -0.25) is 0 Å². The van der Waals surface area contributed by atoms with Gasteiger partial charge >= 0.3 is 0 Å². The van der Waals surface area contributed by atoms with Gasteiger partial charge in [0.15, 0.2) is 0 Å². The Kier molecular flexibility index (Phi) is 3.88. The molecule has 1 N–H and O–H groups in total. The molecule has 21 heavy (non-hydrogen) atoms. The molecular weight excluding hydrogens is 264 g/mol. The van der Waals surface area contributed by atoms with E-state index in [0.717, 1.165) is 18.2 Å². The van der Waals surface area contributed by atoms with Gasteiger partial charge in [0, 0.05) is 12.6 Å². The number of tetrazole rings is 1. The molecule has 112 valence electrons.